The van der Waals surface area contributed by atoms with Gasteiger partial charge in [0.1, 0.15) is 10.9 Å². The van der Waals surface area contributed by atoms with Crippen molar-refractivity contribution in [1.82, 2.24) is 9.55 Å². The highest BCUT2D eigenvalue weighted by molar-refractivity contribution is 7.17. The van der Waals surface area contributed by atoms with E-state index in [0.717, 1.165) is 29.5 Å². The van der Waals surface area contributed by atoms with Crippen LogP contribution < -0.4 is 10.9 Å². The Morgan fingerprint density at radius 1 is 1.18 bits per heavy atom. The van der Waals surface area contributed by atoms with Gasteiger partial charge in [0.25, 0.3) is 5.56 Å². The number of nitrogens with one attached hydrogen (secondary N) is 1. The lowest BCUT2D eigenvalue weighted by atomic mass is 9.89. The highest BCUT2D eigenvalue weighted by Crippen LogP contribution is 2.34. The highest BCUT2D eigenvalue weighted by Gasteiger charge is 2.21. The molecule has 0 fully saturated rings. The summed E-state index contributed by atoms with van der Waals surface area (Å²) in [6.07, 6.45) is 6.10. The molecule has 1 N–H and O–H groups in total. The minimum absolute atomic E-state index is 0.209. The van der Waals surface area contributed by atoms with Crippen LogP contribution in [0.5, 0.6) is 0 Å². The van der Waals surface area contributed by atoms with Crippen LogP contribution in [0.1, 0.15) is 42.5 Å². The summed E-state index contributed by atoms with van der Waals surface area (Å²) in [6.45, 7) is 3.55. The van der Waals surface area contributed by atoms with Crippen molar-refractivity contribution in [3.8, 4) is 11.1 Å². The topological polar surface area (TPSA) is 64.0 Å². The Morgan fingerprint density at radius 3 is 2.79 bits per heavy atom. The van der Waals surface area contributed by atoms with E-state index in [4.69, 9.17) is 11.6 Å². The average molecular weight is 478 g/mol. The first-order chi connectivity index (χ1) is 15.9. The van der Waals surface area contributed by atoms with Crippen LogP contribution in [0, 0.1) is 6.92 Å². The van der Waals surface area contributed by atoms with Gasteiger partial charge in [-0.3, -0.25) is 14.2 Å². The predicted molar refractivity (Wildman–Crippen MR) is 135 cm³/mol. The maximum Gasteiger partial charge on any atom is 0.263 e. The van der Waals surface area contributed by atoms with Gasteiger partial charge < -0.3 is 5.32 Å². The Labute approximate surface area is 201 Å². The van der Waals surface area contributed by atoms with Crippen molar-refractivity contribution < 1.29 is 4.79 Å². The standard InChI is InChI=1S/C26H24ClN3O2S/c1-15-21(27)8-5-9-22(15)29-24(31)16(2)30-14-28-25-23(26(30)32)20(13-33-25)19-11-10-17-6-3-4-7-18(17)12-19/h5,8-14,16H,3-4,6-7H2,1-2H3,(H,29,31)/t16-/m1/s1. The lowest BCUT2D eigenvalue weighted by Crippen LogP contribution is -2.31. The average Bonchev–Trinajstić information content (AvgIpc) is 3.26. The number of benzene rings is 2. The van der Waals surface area contributed by atoms with Crippen molar-refractivity contribution in [3.05, 3.63) is 80.2 Å². The molecule has 1 aliphatic carbocycles. The smallest absolute Gasteiger partial charge is 0.263 e. The Kier molecular flexibility index (Phi) is 5.81. The number of carbonyl (C=O) groups is 1. The zero-order chi connectivity index (χ0) is 23.1. The summed E-state index contributed by atoms with van der Waals surface area (Å²) in [5.41, 5.74) is 5.90. The molecule has 4 aromatic rings. The normalized spacial score (nSPS) is 14.2. The number of thiophene rings is 1. The summed E-state index contributed by atoms with van der Waals surface area (Å²) in [4.78, 5) is 31.7. The molecule has 2 aromatic heterocycles. The van der Waals surface area contributed by atoms with Crippen molar-refractivity contribution in [2.45, 2.75) is 45.6 Å². The first kappa shape index (κ1) is 21.9. The minimum atomic E-state index is -0.732. The van der Waals surface area contributed by atoms with E-state index >= 15 is 0 Å². The largest absolute Gasteiger partial charge is 0.324 e. The van der Waals surface area contributed by atoms with Crippen LogP contribution in [-0.4, -0.2) is 15.5 Å². The molecule has 0 bridgehead atoms. The van der Waals surface area contributed by atoms with Crippen molar-refractivity contribution >= 4 is 44.7 Å². The third kappa shape index (κ3) is 3.98. The van der Waals surface area contributed by atoms with Gasteiger partial charge in [0.2, 0.25) is 5.91 Å². The van der Waals surface area contributed by atoms with Gasteiger partial charge in [-0.25, -0.2) is 4.98 Å². The van der Waals surface area contributed by atoms with E-state index < -0.39 is 6.04 Å². The molecule has 33 heavy (non-hydrogen) atoms. The lowest BCUT2D eigenvalue weighted by Gasteiger charge is -2.17. The van der Waals surface area contributed by atoms with Crippen molar-refractivity contribution in [1.29, 1.82) is 0 Å². The van der Waals surface area contributed by atoms with Crippen LogP contribution in [0.4, 0.5) is 5.69 Å². The van der Waals surface area contributed by atoms with Crippen molar-refractivity contribution in [3.63, 3.8) is 0 Å². The van der Waals surface area contributed by atoms with E-state index in [1.54, 1.807) is 25.1 Å². The van der Waals surface area contributed by atoms with Gasteiger partial charge in [-0.1, -0.05) is 35.9 Å². The molecule has 1 amide bonds. The molecule has 0 saturated carbocycles. The molecule has 5 nitrogen and oxygen atoms in total. The van der Waals surface area contributed by atoms with Crippen molar-refractivity contribution in [2.24, 2.45) is 0 Å². The van der Waals surface area contributed by atoms with E-state index in [2.05, 4.69) is 28.5 Å². The van der Waals surface area contributed by atoms with Crippen LogP contribution in [0.25, 0.3) is 21.3 Å². The zero-order valence-corrected chi connectivity index (χ0v) is 20.1. The van der Waals surface area contributed by atoms with Gasteiger partial charge in [-0.2, -0.15) is 0 Å². The van der Waals surface area contributed by atoms with Crippen LogP contribution in [0.3, 0.4) is 0 Å². The number of carbonyl (C=O) groups excluding carboxylic acids is 1. The van der Waals surface area contributed by atoms with E-state index in [0.29, 0.717) is 20.9 Å². The number of aromatic nitrogens is 2. The lowest BCUT2D eigenvalue weighted by molar-refractivity contribution is -0.118. The fraction of sp³-hybridized carbons (Fsp3) is 0.269. The summed E-state index contributed by atoms with van der Waals surface area (Å²) in [7, 11) is 0. The molecule has 0 unspecified atom stereocenters. The first-order valence-corrected chi connectivity index (χ1v) is 12.4. The monoisotopic (exact) mass is 477 g/mol. The molecule has 0 saturated heterocycles. The molecule has 0 radical (unpaired) electrons. The number of aryl methyl sites for hydroxylation is 2. The number of nitrogens with zero attached hydrogens (tertiary/aromatic N) is 2. The summed E-state index contributed by atoms with van der Waals surface area (Å²) in [6, 6.07) is 11.1. The Morgan fingerprint density at radius 2 is 1.97 bits per heavy atom. The quantitative estimate of drug-likeness (QED) is 0.382. The predicted octanol–water partition coefficient (Wildman–Crippen LogP) is 6.17. The maximum atomic E-state index is 13.5. The third-order valence-corrected chi connectivity index (χ3v) is 7.80. The third-order valence-electron chi connectivity index (χ3n) is 6.50. The molecule has 7 heteroatoms. The van der Waals surface area contributed by atoms with E-state index in [-0.39, 0.29) is 11.5 Å². The van der Waals surface area contributed by atoms with E-state index in [1.807, 2.05) is 12.3 Å². The van der Waals surface area contributed by atoms with Gasteiger partial charge in [0.05, 0.1) is 11.7 Å². The summed E-state index contributed by atoms with van der Waals surface area (Å²) in [5.74, 6) is -0.297. The van der Waals surface area contributed by atoms with Crippen LogP contribution in [-0.2, 0) is 17.6 Å². The van der Waals surface area contributed by atoms with Gasteiger partial charge in [-0.05, 0) is 73.9 Å². The first-order valence-electron chi connectivity index (χ1n) is 11.1. The summed E-state index contributed by atoms with van der Waals surface area (Å²) >= 11 is 7.63. The molecule has 1 atom stereocenters. The summed E-state index contributed by atoms with van der Waals surface area (Å²) in [5, 5.41) is 6.03. The fourth-order valence-corrected chi connectivity index (χ4v) is 5.52. The molecular formula is C26H24ClN3O2S. The molecule has 168 valence electrons. The van der Waals surface area contributed by atoms with Crippen LogP contribution in [0.2, 0.25) is 5.02 Å². The number of hydrogen-bond donors (Lipinski definition) is 1. The number of hydrogen-bond acceptors (Lipinski definition) is 4. The molecular weight excluding hydrogens is 454 g/mol. The second-order valence-electron chi connectivity index (χ2n) is 8.55. The fourth-order valence-electron chi connectivity index (χ4n) is 4.44. The minimum Gasteiger partial charge on any atom is -0.324 e. The summed E-state index contributed by atoms with van der Waals surface area (Å²) < 4.78 is 1.41. The number of halogens is 1. The Hall–Kier alpha value is -2.96. The second kappa shape index (κ2) is 8.76. The Bertz CT molecular complexity index is 1440. The van der Waals surface area contributed by atoms with Gasteiger partial charge in [-0.15, -0.1) is 11.3 Å². The molecule has 2 heterocycles. The molecule has 2 aromatic carbocycles. The number of fused-ring (bicyclic) bond motifs is 2. The molecule has 0 spiro atoms. The maximum absolute atomic E-state index is 13.5. The number of anilines is 1. The number of amides is 1. The van der Waals surface area contributed by atoms with Gasteiger partial charge in [0.15, 0.2) is 0 Å². The molecule has 0 aliphatic heterocycles. The molecule has 1 aliphatic rings. The molecule has 5 rings (SSSR count). The highest BCUT2D eigenvalue weighted by atomic mass is 35.5. The van der Waals surface area contributed by atoms with E-state index in [9.17, 15) is 9.59 Å². The Balaban J connectivity index is 1.51. The van der Waals surface area contributed by atoms with Gasteiger partial charge in [0, 0.05) is 21.7 Å². The second-order valence-corrected chi connectivity index (χ2v) is 9.82. The van der Waals surface area contributed by atoms with Crippen molar-refractivity contribution in [2.75, 3.05) is 5.32 Å². The van der Waals surface area contributed by atoms with E-state index in [1.165, 1.54) is 46.2 Å². The number of rotatable bonds is 4. The van der Waals surface area contributed by atoms with Crippen LogP contribution in [0.15, 0.2) is 52.9 Å². The zero-order valence-electron chi connectivity index (χ0n) is 18.5. The van der Waals surface area contributed by atoms with Gasteiger partial charge >= 0.3 is 0 Å². The van der Waals surface area contributed by atoms with Crippen LogP contribution >= 0.6 is 22.9 Å². The SMILES string of the molecule is Cc1c(Cl)cccc1NC(=O)[C@@H](C)n1cnc2scc(-c3ccc4c(c3)CCCC4)c2c1=O.